The van der Waals surface area contributed by atoms with Crippen LogP contribution in [0.25, 0.3) is 0 Å². The molecule has 1 atom stereocenters. The lowest BCUT2D eigenvalue weighted by Crippen LogP contribution is -2.59. The fraction of sp³-hybridized carbons (Fsp3) is 1.00. The predicted molar refractivity (Wildman–Crippen MR) is 79.1 cm³/mol. The third kappa shape index (κ3) is 2.15. The van der Waals surface area contributed by atoms with E-state index in [4.69, 9.17) is 0 Å². The van der Waals surface area contributed by atoms with E-state index < -0.39 is 0 Å². The minimum absolute atomic E-state index is 0.670. The lowest BCUT2D eigenvalue weighted by Gasteiger charge is -2.60. The fourth-order valence-corrected chi connectivity index (χ4v) is 6.30. The fourth-order valence-electron chi connectivity index (χ4n) is 6.30. The van der Waals surface area contributed by atoms with Crippen LogP contribution in [0.2, 0.25) is 0 Å². The van der Waals surface area contributed by atoms with Crippen LogP contribution >= 0.6 is 0 Å². The van der Waals surface area contributed by atoms with Crippen LogP contribution in [0, 0.1) is 23.7 Å². The summed E-state index contributed by atoms with van der Waals surface area (Å²) in [5.74, 6) is 4.27. The SMILES string of the molecule is CNCCC1CCN(C23CC4CC(CC(C4)C2)C3)C1. The smallest absolute Gasteiger partial charge is 0.0217 e. The molecule has 108 valence electrons. The summed E-state index contributed by atoms with van der Waals surface area (Å²) in [7, 11) is 2.09. The molecule has 0 radical (unpaired) electrons. The van der Waals surface area contributed by atoms with Gasteiger partial charge in [0.2, 0.25) is 0 Å². The quantitative estimate of drug-likeness (QED) is 0.838. The van der Waals surface area contributed by atoms with E-state index in [1.54, 1.807) is 38.5 Å². The van der Waals surface area contributed by atoms with Gasteiger partial charge in [-0.3, -0.25) is 4.90 Å². The van der Waals surface area contributed by atoms with Gasteiger partial charge in [-0.05, 0) is 95.2 Å². The Morgan fingerprint density at radius 1 is 1.05 bits per heavy atom. The zero-order valence-electron chi connectivity index (χ0n) is 12.5. The topological polar surface area (TPSA) is 15.3 Å². The first-order valence-electron chi connectivity index (χ1n) is 8.67. The Morgan fingerprint density at radius 3 is 2.26 bits per heavy atom. The van der Waals surface area contributed by atoms with Crippen LogP contribution in [-0.4, -0.2) is 37.1 Å². The van der Waals surface area contributed by atoms with E-state index in [1.807, 2.05) is 0 Å². The van der Waals surface area contributed by atoms with E-state index in [0.29, 0.717) is 5.54 Å². The molecule has 0 aromatic carbocycles. The van der Waals surface area contributed by atoms with Crippen molar-refractivity contribution in [1.82, 2.24) is 10.2 Å². The lowest BCUT2D eigenvalue weighted by molar-refractivity contribution is -0.0814. The maximum atomic E-state index is 3.33. The van der Waals surface area contributed by atoms with Crippen molar-refractivity contribution in [3.8, 4) is 0 Å². The molecule has 4 bridgehead atoms. The Kier molecular flexibility index (Phi) is 3.15. The van der Waals surface area contributed by atoms with Crippen LogP contribution in [0.3, 0.4) is 0 Å². The van der Waals surface area contributed by atoms with Crippen LogP contribution in [0.4, 0.5) is 0 Å². The zero-order chi connectivity index (χ0) is 12.9. The van der Waals surface area contributed by atoms with E-state index >= 15 is 0 Å². The number of hydrogen-bond donors (Lipinski definition) is 1. The van der Waals surface area contributed by atoms with Crippen molar-refractivity contribution < 1.29 is 0 Å². The molecule has 0 amide bonds. The Balaban J connectivity index is 1.45. The molecule has 0 aromatic rings. The minimum Gasteiger partial charge on any atom is -0.320 e. The first-order valence-corrected chi connectivity index (χ1v) is 8.67. The highest BCUT2D eigenvalue weighted by Crippen LogP contribution is 2.58. The standard InChI is InChI=1S/C17H30N2/c1-18-4-2-13-3-5-19(12-13)17-9-14-6-15(10-17)8-16(7-14)11-17/h13-16,18H,2-12H2,1H3. The van der Waals surface area contributed by atoms with Gasteiger partial charge in [-0.15, -0.1) is 0 Å². The van der Waals surface area contributed by atoms with E-state index in [0.717, 1.165) is 23.7 Å². The summed E-state index contributed by atoms with van der Waals surface area (Å²) in [5.41, 5.74) is 0.670. The second-order valence-corrected chi connectivity index (χ2v) is 8.13. The van der Waals surface area contributed by atoms with Gasteiger partial charge in [-0.1, -0.05) is 0 Å². The van der Waals surface area contributed by atoms with Gasteiger partial charge >= 0.3 is 0 Å². The summed E-state index contributed by atoms with van der Waals surface area (Å²) < 4.78 is 0. The molecular weight excluding hydrogens is 232 g/mol. The van der Waals surface area contributed by atoms with Gasteiger partial charge < -0.3 is 5.32 Å². The normalized spacial score (nSPS) is 49.1. The number of nitrogens with zero attached hydrogens (tertiary/aromatic N) is 1. The van der Waals surface area contributed by atoms with Crippen LogP contribution in [0.15, 0.2) is 0 Å². The number of hydrogen-bond acceptors (Lipinski definition) is 2. The Labute approximate surface area is 118 Å². The van der Waals surface area contributed by atoms with Crippen molar-refractivity contribution in [3.05, 3.63) is 0 Å². The number of nitrogens with one attached hydrogen (secondary N) is 1. The molecule has 5 aliphatic rings. The molecular formula is C17H30N2. The molecule has 2 heteroatoms. The van der Waals surface area contributed by atoms with Crippen molar-refractivity contribution in [2.75, 3.05) is 26.7 Å². The van der Waals surface area contributed by atoms with Crippen LogP contribution in [0.1, 0.15) is 51.4 Å². The summed E-state index contributed by atoms with van der Waals surface area (Å²) >= 11 is 0. The molecule has 5 rings (SSSR count). The molecule has 1 unspecified atom stereocenters. The van der Waals surface area contributed by atoms with Crippen LogP contribution in [-0.2, 0) is 0 Å². The Morgan fingerprint density at radius 2 is 1.68 bits per heavy atom. The third-order valence-corrected chi connectivity index (χ3v) is 6.77. The highest BCUT2D eigenvalue weighted by atomic mass is 15.2. The highest BCUT2D eigenvalue weighted by Gasteiger charge is 2.54. The number of likely N-dealkylation sites (tertiary alicyclic amines) is 1. The van der Waals surface area contributed by atoms with Gasteiger partial charge in [-0.2, -0.15) is 0 Å². The van der Waals surface area contributed by atoms with Crippen molar-refractivity contribution >= 4 is 0 Å². The zero-order valence-corrected chi connectivity index (χ0v) is 12.5. The molecule has 4 aliphatic carbocycles. The summed E-state index contributed by atoms with van der Waals surface area (Å²) in [6.45, 7) is 4.02. The molecule has 1 heterocycles. The molecule has 0 aromatic heterocycles. The third-order valence-electron chi connectivity index (χ3n) is 6.77. The summed E-state index contributed by atoms with van der Waals surface area (Å²) in [6, 6.07) is 0. The van der Waals surface area contributed by atoms with E-state index in [9.17, 15) is 0 Å². The lowest BCUT2D eigenvalue weighted by atomic mass is 9.52. The van der Waals surface area contributed by atoms with Crippen molar-refractivity contribution in [3.63, 3.8) is 0 Å². The molecule has 2 nitrogen and oxygen atoms in total. The molecule has 1 aliphatic heterocycles. The molecule has 0 spiro atoms. The maximum Gasteiger partial charge on any atom is 0.0217 e. The molecule has 1 saturated heterocycles. The van der Waals surface area contributed by atoms with Crippen molar-refractivity contribution in [1.29, 1.82) is 0 Å². The van der Waals surface area contributed by atoms with Crippen molar-refractivity contribution in [2.45, 2.75) is 56.9 Å². The largest absolute Gasteiger partial charge is 0.320 e. The summed E-state index contributed by atoms with van der Waals surface area (Å²) in [4.78, 5) is 2.96. The van der Waals surface area contributed by atoms with Crippen molar-refractivity contribution in [2.24, 2.45) is 23.7 Å². The average Bonchev–Trinajstić information content (AvgIpc) is 2.84. The Hall–Kier alpha value is -0.0800. The van der Waals surface area contributed by atoms with Gasteiger partial charge in [0.1, 0.15) is 0 Å². The van der Waals surface area contributed by atoms with Gasteiger partial charge in [-0.25, -0.2) is 0 Å². The van der Waals surface area contributed by atoms with Crippen LogP contribution in [0.5, 0.6) is 0 Å². The van der Waals surface area contributed by atoms with E-state index in [1.165, 1.54) is 32.5 Å². The average molecular weight is 262 g/mol. The monoisotopic (exact) mass is 262 g/mol. The first kappa shape index (κ1) is 12.6. The molecule has 4 saturated carbocycles. The second kappa shape index (κ2) is 4.73. The van der Waals surface area contributed by atoms with Gasteiger partial charge in [0, 0.05) is 12.1 Å². The molecule has 19 heavy (non-hydrogen) atoms. The number of rotatable bonds is 4. The minimum atomic E-state index is 0.670. The maximum absolute atomic E-state index is 3.33. The van der Waals surface area contributed by atoms with Gasteiger partial charge in [0.15, 0.2) is 0 Å². The van der Waals surface area contributed by atoms with Gasteiger partial charge in [0.05, 0.1) is 0 Å². The predicted octanol–water partition coefficient (Wildman–Crippen LogP) is 2.89. The van der Waals surface area contributed by atoms with E-state index in [-0.39, 0.29) is 0 Å². The second-order valence-electron chi connectivity index (χ2n) is 8.13. The highest BCUT2D eigenvalue weighted by molar-refractivity contribution is 5.08. The Bertz CT molecular complexity index is 303. The van der Waals surface area contributed by atoms with Crippen LogP contribution < -0.4 is 5.32 Å². The van der Waals surface area contributed by atoms with Gasteiger partial charge in [0.25, 0.3) is 0 Å². The summed E-state index contributed by atoms with van der Waals surface area (Å²) in [5, 5.41) is 3.33. The summed E-state index contributed by atoms with van der Waals surface area (Å²) in [6.07, 6.45) is 12.2. The molecule has 1 N–H and O–H groups in total. The first-order chi connectivity index (χ1) is 9.27. The van der Waals surface area contributed by atoms with E-state index in [2.05, 4.69) is 17.3 Å². The molecule has 5 fully saturated rings.